The second-order valence-corrected chi connectivity index (χ2v) is 8.39. The van der Waals surface area contributed by atoms with Crippen LogP contribution in [0.4, 0.5) is 0 Å². The maximum absolute atomic E-state index is 12.8. The third kappa shape index (κ3) is 2.87. The minimum Gasteiger partial charge on any atom is -0.342 e. The van der Waals surface area contributed by atoms with Crippen molar-refractivity contribution in [1.82, 2.24) is 14.2 Å². The van der Waals surface area contributed by atoms with Crippen LogP contribution >= 0.6 is 0 Å². The second-order valence-electron chi connectivity index (χ2n) is 6.45. The zero-order chi connectivity index (χ0) is 16.5. The number of piperidine rings is 1. The van der Waals surface area contributed by atoms with Gasteiger partial charge in [-0.15, -0.1) is 0 Å². The molecule has 2 aliphatic heterocycles. The smallest absolute Gasteiger partial charge is 0.244 e. The molecule has 2 fully saturated rings. The van der Waals surface area contributed by atoms with E-state index < -0.39 is 15.4 Å². The van der Waals surface area contributed by atoms with Gasteiger partial charge in [0.1, 0.15) is 4.90 Å². The summed E-state index contributed by atoms with van der Waals surface area (Å²) in [6.07, 6.45) is 6.20. The molecule has 126 valence electrons. The van der Waals surface area contributed by atoms with Crippen LogP contribution in [-0.4, -0.2) is 54.7 Å². The highest BCUT2D eigenvalue weighted by atomic mass is 32.2. The predicted molar refractivity (Wildman–Crippen MR) is 86.2 cm³/mol. The van der Waals surface area contributed by atoms with Crippen LogP contribution in [0.5, 0.6) is 0 Å². The van der Waals surface area contributed by atoms with Crippen molar-refractivity contribution in [3.63, 3.8) is 0 Å². The number of carbonyl (C=O) groups excluding carboxylic acids is 1. The van der Waals surface area contributed by atoms with Crippen molar-refractivity contribution in [2.75, 3.05) is 26.2 Å². The highest BCUT2D eigenvalue weighted by Crippen LogP contribution is 2.41. The summed E-state index contributed by atoms with van der Waals surface area (Å²) in [6, 6.07) is 3.17. The van der Waals surface area contributed by atoms with Gasteiger partial charge in [0.2, 0.25) is 15.9 Å². The minimum absolute atomic E-state index is 0.134. The van der Waals surface area contributed by atoms with Crippen molar-refractivity contribution in [2.45, 2.75) is 37.5 Å². The molecule has 1 spiro atoms. The summed E-state index contributed by atoms with van der Waals surface area (Å²) >= 11 is 0. The molecule has 0 saturated carbocycles. The van der Waals surface area contributed by atoms with Crippen LogP contribution in [-0.2, 0) is 14.8 Å². The lowest BCUT2D eigenvalue weighted by Crippen LogP contribution is -2.50. The monoisotopic (exact) mass is 337 g/mol. The Balaban J connectivity index is 1.81. The van der Waals surface area contributed by atoms with Crippen LogP contribution in [0.1, 0.15) is 32.6 Å². The lowest BCUT2D eigenvalue weighted by molar-refractivity contribution is -0.145. The number of sulfonamides is 1. The Morgan fingerprint density at radius 1 is 1.30 bits per heavy atom. The number of likely N-dealkylation sites (tertiary alicyclic amines) is 1. The third-order valence-corrected chi connectivity index (χ3v) is 6.74. The largest absolute Gasteiger partial charge is 0.342 e. The second kappa shape index (κ2) is 6.20. The van der Waals surface area contributed by atoms with Gasteiger partial charge in [-0.05, 0) is 37.8 Å². The molecule has 3 rings (SSSR count). The number of amides is 1. The summed E-state index contributed by atoms with van der Waals surface area (Å²) in [5.41, 5.74) is -0.525. The summed E-state index contributed by atoms with van der Waals surface area (Å²) in [4.78, 5) is 18.8. The van der Waals surface area contributed by atoms with E-state index in [4.69, 9.17) is 0 Å². The van der Waals surface area contributed by atoms with E-state index in [1.54, 1.807) is 18.3 Å². The Labute approximate surface area is 137 Å². The fourth-order valence-corrected chi connectivity index (χ4v) is 5.19. The summed E-state index contributed by atoms with van der Waals surface area (Å²) in [5.74, 6) is 0.134. The van der Waals surface area contributed by atoms with Gasteiger partial charge in [0, 0.05) is 38.6 Å². The first-order chi connectivity index (χ1) is 11.0. The molecule has 23 heavy (non-hydrogen) atoms. The summed E-state index contributed by atoms with van der Waals surface area (Å²) in [6.45, 7) is 4.31. The lowest BCUT2D eigenvalue weighted by Gasteiger charge is -2.39. The molecule has 1 aromatic heterocycles. The molecular formula is C16H23N3O3S. The van der Waals surface area contributed by atoms with Gasteiger partial charge in [-0.25, -0.2) is 8.42 Å². The van der Waals surface area contributed by atoms with Crippen molar-refractivity contribution in [2.24, 2.45) is 5.41 Å². The lowest BCUT2D eigenvalue weighted by atomic mass is 9.78. The van der Waals surface area contributed by atoms with Crippen molar-refractivity contribution < 1.29 is 13.2 Å². The SMILES string of the molecule is CCCN1CCC[C@@]2(CCN(S(=O)(=O)c3cccnc3)C2)C1=O. The van der Waals surface area contributed by atoms with E-state index in [2.05, 4.69) is 11.9 Å². The van der Waals surface area contributed by atoms with Gasteiger partial charge < -0.3 is 4.90 Å². The molecule has 0 N–H and O–H groups in total. The molecule has 7 heteroatoms. The van der Waals surface area contributed by atoms with E-state index >= 15 is 0 Å². The van der Waals surface area contributed by atoms with Crippen LogP contribution in [0.25, 0.3) is 0 Å². The average Bonchev–Trinajstić information content (AvgIpc) is 2.99. The molecule has 0 unspecified atom stereocenters. The van der Waals surface area contributed by atoms with Crippen LogP contribution in [0.3, 0.4) is 0 Å². The Kier molecular flexibility index (Phi) is 4.42. The molecular weight excluding hydrogens is 314 g/mol. The number of pyridine rings is 1. The molecule has 1 atom stereocenters. The Hall–Kier alpha value is -1.47. The minimum atomic E-state index is -3.57. The molecule has 1 amide bonds. The van der Waals surface area contributed by atoms with E-state index in [-0.39, 0.29) is 10.8 Å². The Morgan fingerprint density at radius 2 is 2.13 bits per heavy atom. The van der Waals surface area contributed by atoms with Crippen molar-refractivity contribution in [1.29, 1.82) is 0 Å². The summed E-state index contributed by atoms with van der Waals surface area (Å²) in [7, 11) is -3.57. The van der Waals surface area contributed by atoms with Crippen LogP contribution in [0, 0.1) is 5.41 Å². The van der Waals surface area contributed by atoms with Crippen LogP contribution in [0.15, 0.2) is 29.4 Å². The van der Waals surface area contributed by atoms with E-state index in [0.29, 0.717) is 19.5 Å². The van der Waals surface area contributed by atoms with Crippen molar-refractivity contribution >= 4 is 15.9 Å². The van der Waals surface area contributed by atoms with Gasteiger partial charge in [0.25, 0.3) is 0 Å². The maximum Gasteiger partial charge on any atom is 0.244 e. The van der Waals surface area contributed by atoms with Gasteiger partial charge in [-0.2, -0.15) is 4.31 Å². The fraction of sp³-hybridized carbons (Fsp3) is 0.625. The van der Waals surface area contributed by atoms with Gasteiger partial charge in [-0.1, -0.05) is 6.92 Å². The van der Waals surface area contributed by atoms with Crippen molar-refractivity contribution in [3.8, 4) is 0 Å². The van der Waals surface area contributed by atoms with Gasteiger partial charge >= 0.3 is 0 Å². The molecule has 0 radical (unpaired) electrons. The predicted octanol–water partition coefficient (Wildman–Crippen LogP) is 1.49. The topological polar surface area (TPSA) is 70.6 Å². The number of hydrogen-bond donors (Lipinski definition) is 0. The van der Waals surface area contributed by atoms with Gasteiger partial charge in [0.05, 0.1) is 5.41 Å². The zero-order valence-electron chi connectivity index (χ0n) is 13.4. The van der Waals surface area contributed by atoms with Gasteiger partial charge in [0.15, 0.2) is 0 Å². The molecule has 0 bridgehead atoms. The molecule has 2 aliphatic rings. The van der Waals surface area contributed by atoms with Crippen molar-refractivity contribution in [3.05, 3.63) is 24.5 Å². The quantitative estimate of drug-likeness (QED) is 0.835. The number of carbonyl (C=O) groups is 1. The first-order valence-electron chi connectivity index (χ1n) is 8.19. The van der Waals surface area contributed by atoms with Crippen LogP contribution in [0.2, 0.25) is 0 Å². The molecule has 2 saturated heterocycles. The van der Waals surface area contributed by atoms with Crippen LogP contribution < -0.4 is 0 Å². The number of nitrogens with zero attached hydrogens (tertiary/aromatic N) is 3. The standard InChI is InChI=1S/C16H23N3O3S/c1-2-9-18-10-4-6-16(15(18)20)7-11-19(13-16)23(21,22)14-5-3-8-17-12-14/h3,5,8,12H,2,4,6-7,9-11,13H2,1H3/t16-/m0/s1. The molecule has 3 heterocycles. The number of aromatic nitrogens is 1. The maximum atomic E-state index is 12.8. The van der Waals surface area contributed by atoms with E-state index in [1.807, 2.05) is 4.90 Å². The normalized spacial score (nSPS) is 26.1. The number of hydrogen-bond acceptors (Lipinski definition) is 4. The molecule has 1 aromatic rings. The van der Waals surface area contributed by atoms with E-state index in [1.165, 1.54) is 10.5 Å². The Bertz CT molecular complexity index is 675. The van der Waals surface area contributed by atoms with E-state index in [0.717, 1.165) is 32.4 Å². The summed E-state index contributed by atoms with van der Waals surface area (Å²) in [5, 5.41) is 0. The zero-order valence-corrected chi connectivity index (χ0v) is 14.3. The molecule has 6 nitrogen and oxygen atoms in total. The first-order valence-corrected chi connectivity index (χ1v) is 9.63. The third-order valence-electron chi connectivity index (χ3n) is 4.91. The molecule has 0 aliphatic carbocycles. The van der Waals surface area contributed by atoms with Gasteiger partial charge in [-0.3, -0.25) is 9.78 Å². The average molecular weight is 337 g/mol. The first kappa shape index (κ1) is 16.4. The molecule has 0 aromatic carbocycles. The highest BCUT2D eigenvalue weighted by molar-refractivity contribution is 7.89. The highest BCUT2D eigenvalue weighted by Gasteiger charge is 2.50. The summed E-state index contributed by atoms with van der Waals surface area (Å²) < 4.78 is 26.9. The fourth-order valence-electron chi connectivity index (χ4n) is 3.70. The van der Waals surface area contributed by atoms with E-state index in [9.17, 15) is 13.2 Å². The number of rotatable bonds is 4. The Morgan fingerprint density at radius 3 is 2.83 bits per heavy atom.